The predicted molar refractivity (Wildman–Crippen MR) is 143 cm³/mol. The number of nitrogens with zero attached hydrogens (tertiary/aromatic N) is 3. The lowest BCUT2D eigenvalue weighted by molar-refractivity contribution is 0.0338. The molecule has 6 rings (SSSR count). The van der Waals surface area contributed by atoms with E-state index in [1.807, 2.05) is 59.6 Å². The van der Waals surface area contributed by atoms with Crippen molar-refractivity contribution >= 4 is 16.8 Å². The maximum Gasteiger partial charge on any atom is 0.254 e. The molecule has 0 unspecified atom stereocenters. The lowest BCUT2D eigenvalue weighted by Gasteiger charge is -2.50. The van der Waals surface area contributed by atoms with Gasteiger partial charge in [-0.2, -0.15) is 0 Å². The van der Waals surface area contributed by atoms with E-state index in [1.54, 1.807) is 13.3 Å². The van der Waals surface area contributed by atoms with Gasteiger partial charge in [-0.15, -0.1) is 0 Å². The third kappa shape index (κ3) is 4.18. The van der Waals surface area contributed by atoms with Gasteiger partial charge in [0, 0.05) is 59.1 Å². The van der Waals surface area contributed by atoms with Crippen LogP contribution in [0.2, 0.25) is 0 Å². The second-order valence-electron chi connectivity index (χ2n) is 10.2. The molecule has 2 aliphatic rings. The Balaban J connectivity index is 1.40. The van der Waals surface area contributed by atoms with Crippen molar-refractivity contribution in [3.8, 4) is 5.75 Å². The van der Waals surface area contributed by atoms with Gasteiger partial charge in [0.2, 0.25) is 0 Å². The number of aliphatic hydroxyl groups is 1. The van der Waals surface area contributed by atoms with Crippen LogP contribution < -0.4 is 4.74 Å². The number of piperidine rings is 1. The lowest BCUT2D eigenvalue weighted by Crippen LogP contribution is -2.55. The molecule has 7 heteroatoms. The molecular formula is C30H32N4O3. The lowest BCUT2D eigenvalue weighted by atomic mass is 9.68. The quantitative estimate of drug-likeness (QED) is 0.431. The van der Waals surface area contributed by atoms with Crippen molar-refractivity contribution in [2.75, 3.05) is 33.4 Å². The number of ether oxygens (including phenoxy) is 1. The number of aromatic nitrogens is 2. The molecule has 4 aromatic rings. The van der Waals surface area contributed by atoms with Crippen LogP contribution >= 0.6 is 0 Å². The predicted octanol–water partition coefficient (Wildman–Crippen LogP) is 4.29. The molecule has 37 heavy (non-hydrogen) atoms. The van der Waals surface area contributed by atoms with Gasteiger partial charge in [0.15, 0.2) is 0 Å². The van der Waals surface area contributed by atoms with Crippen LogP contribution in [-0.4, -0.2) is 64.1 Å². The SMILES string of the molecule is COc1ccc2c3c([nH]c2c1)[C@H](CO)N(C(=O)c1ccccc1)CC31CCN(Cc2cccnc2)CC1. The molecule has 2 N–H and O–H groups in total. The van der Waals surface area contributed by atoms with Gasteiger partial charge in [-0.05, 0) is 67.4 Å². The fourth-order valence-electron chi connectivity index (χ4n) is 6.26. The average molecular weight is 497 g/mol. The fraction of sp³-hybridized carbons (Fsp3) is 0.333. The number of nitrogens with one attached hydrogen (secondary N) is 1. The van der Waals surface area contributed by atoms with Gasteiger partial charge in [-0.3, -0.25) is 14.7 Å². The standard InChI is InChI=1S/C30H32N4O3/c1-37-23-9-10-24-25(16-23)32-28-26(19-35)34(29(36)22-7-3-2-4-8-22)20-30(27(24)28)11-14-33(15-12-30)18-21-6-5-13-31-17-21/h2-10,13,16-17,26,32,35H,11-12,14-15,18-20H2,1H3/t26-/m0/s1. The summed E-state index contributed by atoms with van der Waals surface area (Å²) in [6.07, 6.45) is 5.59. The number of amides is 1. The van der Waals surface area contributed by atoms with Crippen molar-refractivity contribution in [1.29, 1.82) is 0 Å². The van der Waals surface area contributed by atoms with E-state index in [4.69, 9.17) is 4.74 Å². The van der Waals surface area contributed by atoms with Crippen LogP contribution in [0.15, 0.2) is 73.1 Å². The van der Waals surface area contributed by atoms with E-state index >= 15 is 0 Å². The summed E-state index contributed by atoms with van der Waals surface area (Å²) in [5.41, 5.74) is 4.83. The van der Waals surface area contributed by atoms with Crippen LogP contribution in [0.5, 0.6) is 5.75 Å². The minimum absolute atomic E-state index is 0.0429. The van der Waals surface area contributed by atoms with Gasteiger partial charge in [-0.25, -0.2) is 0 Å². The van der Waals surface area contributed by atoms with Gasteiger partial charge in [0.25, 0.3) is 5.91 Å². The highest BCUT2D eigenvalue weighted by atomic mass is 16.5. The molecule has 7 nitrogen and oxygen atoms in total. The van der Waals surface area contributed by atoms with Gasteiger partial charge < -0.3 is 19.7 Å². The molecule has 2 aromatic carbocycles. The topological polar surface area (TPSA) is 81.7 Å². The maximum absolute atomic E-state index is 13.8. The molecular weight excluding hydrogens is 464 g/mol. The number of hydrogen-bond donors (Lipinski definition) is 2. The minimum Gasteiger partial charge on any atom is -0.497 e. The number of carbonyl (C=O) groups is 1. The Kier molecular flexibility index (Phi) is 6.18. The first-order valence-corrected chi connectivity index (χ1v) is 12.9. The second-order valence-corrected chi connectivity index (χ2v) is 10.2. The van der Waals surface area contributed by atoms with Gasteiger partial charge >= 0.3 is 0 Å². The summed E-state index contributed by atoms with van der Waals surface area (Å²) in [5, 5.41) is 11.7. The highest BCUT2D eigenvalue weighted by Crippen LogP contribution is 2.49. The van der Waals surface area contributed by atoms with Crippen molar-refractivity contribution in [3.63, 3.8) is 0 Å². The molecule has 1 atom stereocenters. The number of benzene rings is 2. The van der Waals surface area contributed by atoms with Crippen molar-refractivity contribution < 1.29 is 14.6 Å². The summed E-state index contributed by atoms with van der Waals surface area (Å²) in [6, 6.07) is 19.2. The van der Waals surface area contributed by atoms with Crippen molar-refractivity contribution in [1.82, 2.24) is 19.8 Å². The summed E-state index contributed by atoms with van der Waals surface area (Å²) < 4.78 is 5.49. The third-order valence-electron chi connectivity index (χ3n) is 8.14. The third-order valence-corrected chi connectivity index (χ3v) is 8.14. The highest BCUT2D eigenvalue weighted by molar-refractivity contribution is 5.96. The Morgan fingerprint density at radius 3 is 2.65 bits per heavy atom. The van der Waals surface area contributed by atoms with Crippen molar-refractivity contribution in [3.05, 3.63) is 95.4 Å². The number of fused-ring (bicyclic) bond motifs is 4. The largest absolute Gasteiger partial charge is 0.497 e. The number of hydrogen-bond acceptors (Lipinski definition) is 5. The van der Waals surface area contributed by atoms with Crippen LogP contribution in [0.3, 0.4) is 0 Å². The maximum atomic E-state index is 13.8. The first kappa shape index (κ1) is 23.7. The van der Waals surface area contributed by atoms with Crippen LogP contribution in [-0.2, 0) is 12.0 Å². The summed E-state index contributed by atoms with van der Waals surface area (Å²) in [4.78, 5) is 26.0. The number of likely N-dealkylation sites (tertiary alicyclic amines) is 1. The Morgan fingerprint density at radius 2 is 1.95 bits per heavy atom. The molecule has 1 saturated heterocycles. The smallest absolute Gasteiger partial charge is 0.254 e. The molecule has 190 valence electrons. The molecule has 0 radical (unpaired) electrons. The van der Waals surface area contributed by atoms with Gasteiger partial charge in [0.05, 0.1) is 19.8 Å². The van der Waals surface area contributed by atoms with Crippen LogP contribution in [0.25, 0.3) is 10.9 Å². The number of methoxy groups -OCH3 is 1. The van der Waals surface area contributed by atoms with E-state index in [0.717, 1.165) is 54.8 Å². The van der Waals surface area contributed by atoms with E-state index in [-0.39, 0.29) is 17.9 Å². The average Bonchev–Trinajstić information content (AvgIpc) is 3.34. The Labute approximate surface area is 216 Å². The summed E-state index contributed by atoms with van der Waals surface area (Å²) >= 11 is 0. The van der Waals surface area contributed by atoms with Crippen LogP contribution in [0, 0.1) is 0 Å². The Hall–Kier alpha value is -3.68. The Bertz CT molecular complexity index is 1390. The normalized spacial score (nSPS) is 19.2. The zero-order valence-corrected chi connectivity index (χ0v) is 21.1. The summed E-state index contributed by atoms with van der Waals surface area (Å²) in [6.45, 7) is 3.16. The number of pyridine rings is 1. The number of aliphatic hydroxyl groups excluding tert-OH is 1. The number of H-pyrrole nitrogens is 1. The number of carbonyl (C=O) groups excluding carboxylic acids is 1. The van der Waals surface area contributed by atoms with Crippen molar-refractivity contribution in [2.45, 2.75) is 30.8 Å². The molecule has 0 aliphatic carbocycles. The zero-order valence-electron chi connectivity index (χ0n) is 21.1. The first-order chi connectivity index (χ1) is 18.1. The fourth-order valence-corrected chi connectivity index (χ4v) is 6.26. The molecule has 1 spiro atoms. The number of rotatable bonds is 5. The van der Waals surface area contributed by atoms with Crippen molar-refractivity contribution in [2.24, 2.45) is 0 Å². The van der Waals surface area contributed by atoms with E-state index in [0.29, 0.717) is 12.1 Å². The minimum atomic E-state index is -0.430. The zero-order chi connectivity index (χ0) is 25.4. The van der Waals surface area contributed by atoms with Gasteiger partial charge in [0.1, 0.15) is 5.75 Å². The van der Waals surface area contributed by atoms with E-state index in [2.05, 4.69) is 27.0 Å². The summed E-state index contributed by atoms with van der Waals surface area (Å²) in [5.74, 6) is 0.739. The monoisotopic (exact) mass is 496 g/mol. The van der Waals surface area contributed by atoms with E-state index in [1.165, 1.54) is 11.1 Å². The molecule has 4 heterocycles. The number of aromatic amines is 1. The molecule has 1 amide bonds. The first-order valence-electron chi connectivity index (χ1n) is 12.9. The van der Waals surface area contributed by atoms with Crippen LogP contribution in [0.4, 0.5) is 0 Å². The van der Waals surface area contributed by atoms with E-state index < -0.39 is 6.04 Å². The highest BCUT2D eigenvalue weighted by Gasteiger charge is 2.48. The molecule has 2 aromatic heterocycles. The molecule has 0 bridgehead atoms. The molecule has 1 fully saturated rings. The van der Waals surface area contributed by atoms with Crippen LogP contribution in [0.1, 0.15) is 46.1 Å². The Morgan fingerprint density at radius 1 is 1.14 bits per heavy atom. The molecule has 0 saturated carbocycles. The van der Waals surface area contributed by atoms with Gasteiger partial charge in [-0.1, -0.05) is 24.3 Å². The second kappa shape index (κ2) is 9.65. The van der Waals surface area contributed by atoms with E-state index in [9.17, 15) is 9.90 Å². The summed E-state index contributed by atoms with van der Waals surface area (Å²) in [7, 11) is 1.67. The molecule has 2 aliphatic heterocycles.